The monoisotopic (exact) mass is 437 g/mol. The normalized spacial score (nSPS) is 10.8. The Morgan fingerprint density at radius 3 is 2.09 bits per heavy atom. The van der Waals surface area contributed by atoms with Gasteiger partial charge in [-0.15, -0.1) is 24.0 Å². The highest BCUT2D eigenvalue weighted by Gasteiger charge is 2.12. The van der Waals surface area contributed by atoms with E-state index in [4.69, 9.17) is 14.2 Å². The lowest BCUT2D eigenvalue weighted by Gasteiger charge is -2.15. The highest BCUT2D eigenvalue weighted by molar-refractivity contribution is 14.0. The Labute approximate surface area is 156 Å². The van der Waals surface area contributed by atoms with Crippen molar-refractivity contribution in [1.82, 2.24) is 10.6 Å². The van der Waals surface area contributed by atoms with Crippen molar-refractivity contribution in [2.24, 2.45) is 4.99 Å². The van der Waals surface area contributed by atoms with Gasteiger partial charge in [-0.3, -0.25) is 0 Å². The lowest BCUT2D eigenvalue weighted by molar-refractivity contribution is 0.347. The van der Waals surface area contributed by atoms with Crippen LogP contribution in [0.15, 0.2) is 17.1 Å². The molecule has 0 unspecified atom stereocenters. The molecule has 6 nitrogen and oxygen atoms in total. The topological polar surface area (TPSA) is 64.1 Å². The highest BCUT2D eigenvalue weighted by Crippen LogP contribution is 2.34. The number of hydrogen-bond donors (Lipinski definition) is 2. The third kappa shape index (κ3) is 6.72. The molecule has 23 heavy (non-hydrogen) atoms. The molecule has 0 aromatic heterocycles. The second-order valence-electron chi connectivity index (χ2n) is 5.01. The largest absolute Gasteiger partial charge is 0.496 e. The van der Waals surface area contributed by atoms with Gasteiger partial charge in [0.2, 0.25) is 0 Å². The van der Waals surface area contributed by atoms with E-state index in [1.807, 2.05) is 19.1 Å². The molecule has 132 valence electrons. The number of aliphatic imine (C=N–C) groups is 1. The lowest BCUT2D eigenvalue weighted by atomic mass is 10.1. The molecule has 0 aliphatic heterocycles. The molecule has 1 aromatic rings. The van der Waals surface area contributed by atoms with Crippen LogP contribution in [0.5, 0.6) is 17.2 Å². The molecule has 0 radical (unpaired) electrons. The zero-order valence-electron chi connectivity index (χ0n) is 14.7. The molecule has 1 aromatic carbocycles. The molecule has 7 heteroatoms. The van der Waals surface area contributed by atoms with Crippen molar-refractivity contribution in [3.05, 3.63) is 17.7 Å². The van der Waals surface area contributed by atoms with Crippen molar-refractivity contribution in [2.45, 2.75) is 33.4 Å². The summed E-state index contributed by atoms with van der Waals surface area (Å²) in [6.45, 7) is 7.47. The van der Waals surface area contributed by atoms with Gasteiger partial charge >= 0.3 is 0 Å². The van der Waals surface area contributed by atoms with Crippen LogP contribution in [0.1, 0.15) is 26.3 Å². The summed E-state index contributed by atoms with van der Waals surface area (Å²) >= 11 is 0. The van der Waals surface area contributed by atoms with E-state index < -0.39 is 0 Å². The van der Waals surface area contributed by atoms with Gasteiger partial charge in [0.1, 0.15) is 5.75 Å². The number of hydrogen-bond acceptors (Lipinski definition) is 4. The van der Waals surface area contributed by atoms with E-state index in [0.29, 0.717) is 24.1 Å². The number of benzene rings is 1. The van der Waals surface area contributed by atoms with Gasteiger partial charge in [-0.1, -0.05) is 0 Å². The third-order valence-corrected chi connectivity index (χ3v) is 2.96. The number of methoxy groups -OCH3 is 3. The fourth-order valence-electron chi connectivity index (χ4n) is 1.97. The van der Waals surface area contributed by atoms with Gasteiger partial charge in [0.05, 0.1) is 27.9 Å². The number of rotatable bonds is 7. The van der Waals surface area contributed by atoms with Crippen molar-refractivity contribution in [1.29, 1.82) is 0 Å². The Balaban J connectivity index is 0.00000484. The zero-order valence-corrected chi connectivity index (χ0v) is 17.1. The summed E-state index contributed by atoms with van der Waals surface area (Å²) in [5.74, 6) is 2.80. The molecular weight excluding hydrogens is 409 g/mol. The Hall–Kier alpha value is -1.38. The molecule has 0 aliphatic rings. The van der Waals surface area contributed by atoms with Gasteiger partial charge in [-0.2, -0.15) is 0 Å². The quantitative estimate of drug-likeness (QED) is 0.390. The summed E-state index contributed by atoms with van der Waals surface area (Å²) in [5.41, 5.74) is 0.932. The number of nitrogens with zero attached hydrogens (tertiary/aromatic N) is 1. The van der Waals surface area contributed by atoms with Crippen LogP contribution < -0.4 is 24.8 Å². The van der Waals surface area contributed by atoms with Gasteiger partial charge in [0.25, 0.3) is 0 Å². The van der Waals surface area contributed by atoms with E-state index in [-0.39, 0.29) is 24.0 Å². The number of halogens is 1. The van der Waals surface area contributed by atoms with Gasteiger partial charge in [-0.25, -0.2) is 4.99 Å². The van der Waals surface area contributed by atoms with Crippen molar-refractivity contribution in [2.75, 3.05) is 27.9 Å². The van der Waals surface area contributed by atoms with Gasteiger partial charge in [-0.05, 0) is 26.8 Å². The Morgan fingerprint density at radius 1 is 1.04 bits per heavy atom. The first-order valence-corrected chi connectivity index (χ1v) is 7.39. The van der Waals surface area contributed by atoms with Crippen LogP contribution in [-0.4, -0.2) is 39.9 Å². The van der Waals surface area contributed by atoms with Crippen molar-refractivity contribution in [3.8, 4) is 17.2 Å². The SMILES string of the molecule is CCNC(=NCc1cc(OC)c(OC)cc1OC)NC(C)C.I. The minimum absolute atomic E-state index is 0. The lowest BCUT2D eigenvalue weighted by Crippen LogP contribution is -2.41. The fraction of sp³-hybridized carbons (Fsp3) is 0.562. The van der Waals surface area contributed by atoms with Crippen molar-refractivity contribution >= 4 is 29.9 Å². The van der Waals surface area contributed by atoms with Crippen LogP contribution in [-0.2, 0) is 6.54 Å². The molecule has 0 saturated heterocycles. The minimum Gasteiger partial charge on any atom is -0.496 e. The molecule has 0 amide bonds. The predicted octanol–water partition coefficient (Wildman–Crippen LogP) is 2.79. The molecule has 0 saturated carbocycles. The zero-order chi connectivity index (χ0) is 16.5. The summed E-state index contributed by atoms with van der Waals surface area (Å²) in [6, 6.07) is 4.01. The van der Waals surface area contributed by atoms with Crippen LogP contribution >= 0.6 is 24.0 Å². The molecule has 2 N–H and O–H groups in total. The number of ether oxygens (including phenoxy) is 3. The maximum absolute atomic E-state index is 5.42. The Bertz CT molecular complexity index is 508. The van der Waals surface area contributed by atoms with E-state index in [1.54, 1.807) is 21.3 Å². The van der Waals surface area contributed by atoms with Crippen LogP contribution in [0.2, 0.25) is 0 Å². The first kappa shape index (κ1) is 21.6. The number of nitrogens with one attached hydrogen (secondary N) is 2. The van der Waals surface area contributed by atoms with Crippen molar-refractivity contribution < 1.29 is 14.2 Å². The van der Waals surface area contributed by atoms with Crippen molar-refractivity contribution in [3.63, 3.8) is 0 Å². The first-order valence-electron chi connectivity index (χ1n) is 7.39. The second kappa shape index (κ2) is 11.2. The van der Waals surface area contributed by atoms with Crippen LogP contribution in [0.4, 0.5) is 0 Å². The smallest absolute Gasteiger partial charge is 0.191 e. The number of guanidine groups is 1. The van der Waals surface area contributed by atoms with Crippen LogP contribution in [0, 0.1) is 0 Å². The van der Waals surface area contributed by atoms with Crippen LogP contribution in [0.3, 0.4) is 0 Å². The maximum Gasteiger partial charge on any atom is 0.191 e. The summed E-state index contributed by atoms with van der Waals surface area (Å²) in [7, 11) is 4.85. The summed E-state index contributed by atoms with van der Waals surface area (Å²) in [4.78, 5) is 4.58. The molecule has 0 fully saturated rings. The van der Waals surface area contributed by atoms with Crippen LogP contribution in [0.25, 0.3) is 0 Å². The average Bonchev–Trinajstić information content (AvgIpc) is 2.51. The van der Waals surface area contributed by atoms with E-state index in [1.165, 1.54) is 0 Å². The molecule has 0 atom stereocenters. The van der Waals surface area contributed by atoms with Gasteiger partial charge < -0.3 is 24.8 Å². The average molecular weight is 437 g/mol. The fourth-order valence-corrected chi connectivity index (χ4v) is 1.97. The molecular formula is C16H28IN3O3. The van der Waals surface area contributed by atoms with Gasteiger partial charge in [0, 0.05) is 24.2 Å². The first-order chi connectivity index (χ1) is 10.5. The molecule has 0 aliphatic carbocycles. The predicted molar refractivity (Wildman–Crippen MR) is 105 cm³/mol. The second-order valence-corrected chi connectivity index (χ2v) is 5.01. The van der Waals surface area contributed by atoms with E-state index >= 15 is 0 Å². The van der Waals surface area contributed by atoms with Gasteiger partial charge in [0.15, 0.2) is 17.5 Å². The van der Waals surface area contributed by atoms with E-state index in [9.17, 15) is 0 Å². The highest BCUT2D eigenvalue weighted by atomic mass is 127. The summed E-state index contributed by atoms with van der Waals surface area (Å²) in [5, 5.41) is 6.50. The minimum atomic E-state index is 0. The van der Waals surface area contributed by atoms with E-state index in [2.05, 4.69) is 29.5 Å². The molecule has 0 spiro atoms. The standard InChI is InChI=1S/C16H27N3O3.HI/c1-7-17-16(19-11(2)3)18-10-12-8-14(21-5)15(22-6)9-13(12)20-4;/h8-9,11H,7,10H2,1-6H3,(H2,17,18,19);1H. The summed E-state index contributed by atoms with van der Waals surface area (Å²) < 4.78 is 16.0. The molecule has 0 heterocycles. The summed E-state index contributed by atoms with van der Waals surface area (Å²) in [6.07, 6.45) is 0. The molecule has 1 rings (SSSR count). The maximum atomic E-state index is 5.42. The molecule has 0 bridgehead atoms. The Morgan fingerprint density at radius 2 is 1.61 bits per heavy atom. The van der Waals surface area contributed by atoms with E-state index in [0.717, 1.165) is 23.8 Å². The third-order valence-electron chi connectivity index (χ3n) is 2.96. The Kier molecular flexibility index (Phi) is 10.5.